The van der Waals surface area contributed by atoms with Crippen molar-refractivity contribution in [2.24, 2.45) is 11.3 Å². The summed E-state index contributed by atoms with van der Waals surface area (Å²) in [6.07, 6.45) is 3.36. The molecule has 2 aliphatic rings. The molecule has 1 heterocycles. The molecule has 0 aromatic heterocycles. The summed E-state index contributed by atoms with van der Waals surface area (Å²) in [5, 5.41) is 6.60. The summed E-state index contributed by atoms with van der Waals surface area (Å²) in [4.78, 5) is 13.8. The van der Waals surface area contributed by atoms with Crippen molar-refractivity contribution in [2.75, 3.05) is 32.6 Å². The van der Waals surface area contributed by atoms with E-state index in [1.807, 2.05) is 0 Å². The molecule has 1 spiro atoms. The molecule has 3 rings (SSSR count). The van der Waals surface area contributed by atoms with Crippen LogP contribution in [0.1, 0.15) is 37.8 Å². The number of piperidine rings is 1. The van der Waals surface area contributed by atoms with Gasteiger partial charge in [-0.15, -0.1) is 24.2 Å². The lowest BCUT2D eigenvalue weighted by Gasteiger charge is -2.24. The van der Waals surface area contributed by atoms with Gasteiger partial charge >= 0.3 is 0 Å². The minimum absolute atomic E-state index is 0. The zero-order chi connectivity index (χ0) is 17.0. The Hall–Kier alpha value is -0.750. The van der Waals surface area contributed by atoms with Crippen LogP contribution in [-0.2, 0) is 9.53 Å². The highest BCUT2D eigenvalue weighted by Crippen LogP contribution is 2.58. The molecule has 2 N–H and O–H groups in total. The number of thioether (sulfide) groups is 1. The first-order valence-electron chi connectivity index (χ1n) is 8.87. The molecule has 1 aliphatic heterocycles. The largest absolute Gasteiger partial charge is 0.384 e. The number of benzene rings is 1. The summed E-state index contributed by atoms with van der Waals surface area (Å²) in [5.74, 6) is 1.43. The highest BCUT2D eigenvalue weighted by Gasteiger charge is 2.57. The second-order valence-corrected chi connectivity index (χ2v) is 8.18. The molecule has 25 heavy (non-hydrogen) atoms. The fourth-order valence-corrected chi connectivity index (χ4v) is 4.50. The van der Waals surface area contributed by atoms with Crippen LogP contribution in [0.4, 0.5) is 0 Å². The summed E-state index contributed by atoms with van der Waals surface area (Å²) in [6, 6.07) is 8.56. The van der Waals surface area contributed by atoms with E-state index in [0.29, 0.717) is 5.41 Å². The molecule has 1 aromatic carbocycles. The fourth-order valence-electron chi connectivity index (χ4n) is 3.69. The number of ether oxygens (including phenoxy) is 1. The van der Waals surface area contributed by atoms with Crippen LogP contribution in [0, 0.1) is 11.3 Å². The van der Waals surface area contributed by atoms with E-state index < -0.39 is 0 Å². The van der Waals surface area contributed by atoms with Gasteiger partial charge in [0, 0.05) is 23.7 Å². The Morgan fingerprint density at radius 3 is 2.68 bits per heavy atom. The predicted octanol–water partition coefficient (Wildman–Crippen LogP) is 3.41. The maximum absolute atomic E-state index is 12.6. The number of nitrogens with one attached hydrogen (secondary N) is 2. The van der Waals surface area contributed by atoms with E-state index in [-0.39, 0.29) is 30.3 Å². The van der Waals surface area contributed by atoms with Crippen LogP contribution >= 0.6 is 24.2 Å². The molecule has 1 saturated heterocycles. The maximum atomic E-state index is 12.6. The van der Waals surface area contributed by atoms with Crippen LogP contribution in [-0.4, -0.2) is 38.5 Å². The first kappa shape index (κ1) is 20.6. The SMILES string of the molecule is COCCSc1ccc(C(C)NC(=O)C2CC23CCNCC3)cc1.Cl. The number of hydrogen-bond acceptors (Lipinski definition) is 4. The number of carbonyl (C=O) groups is 1. The number of rotatable bonds is 7. The standard InChI is InChI=1S/C19H28N2O2S.ClH/c1-14(15-3-5-16(6-4-15)24-12-11-23-2)21-18(22)17-13-19(17)7-9-20-10-8-19;/h3-6,14,17,20H,7-13H2,1-2H3,(H,21,22);1H. The van der Waals surface area contributed by atoms with Crippen molar-refractivity contribution >= 4 is 30.1 Å². The Bertz CT molecular complexity index is 561. The van der Waals surface area contributed by atoms with Gasteiger partial charge in [0.25, 0.3) is 0 Å². The molecule has 1 aliphatic carbocycles. The van der Waals surface area contributed by atoms with E-state index in [4.69, 9.17) is 4.74 Å². The van der Waals surface area contributed by atoms with Gasteiger partial charge in [0.2, 0.25) is 5.91 Å². The predicted molar refractivity (Wildman–Crippen MR) is 105 cm³/mol. The molecule has 1 saturated carbocycles. The van der Waals surface area contributed by atoms with E-state index in [2.05, 4.69) is 41.8 Å². The normalized spacial score (nSPS) is 22.1. The fraction of sp³-hybridized carbons (Fsp3) is 0.632. The smallest absolute Gasteiger partial charge is 0.224 e. The first-order valence-corrected chi connectivity index (χ1v) is 9.86. The van der Waals surface area contributed by atoms with Crippen molar-refractivity contribution in [2.45, 2.75) is 37.1 Å². The third-order valence-electron chi connectivity index (χ3n) is 5.40. The van der Waals surface area contributed by atoms with Gasteiger partial charge in [-0.1, -0.05) is 12.1 Å². The van der Waals surface area contributed by atoms with Gasteiger partial charge in [0.05, 0.1) is 12.6 Å². The van der Waals surface area contributed by atoms with Gasteiger partial charge in [-0.2, -0.15) is 0 Å². The topological polar surface area (TPSA) is 50.4 Å². The Balaban J connectivity index is 0.00000225. The maximum Gasteiger partial charge on any atom is 0.224 e. The molecule has 1 aromatic rings. The van der Waals surface area contributed by atoms with Gasteiger partial charge in [-0.3, -0.25) is 4.79 Å². The van der Waals surface area contributed by atoms with Crippen molar-refractivity contribution in [3.63, 3.8) is 0 Å². The second kappa shape index (κ2) is 9.26. The molecule has 0 radical (unpaired) electrons. The zero-order valence-corrected chi connectivity index (χ0v) is 16.7. The Morgan fingerprint density at radius 2 is 2.04 bits per heavy atom. The molecular weight excluding hydrogens is 356 g/mol. The van der Waals surface area contributed by atoms with Crippen LogP contribution in [0.25, 0.3) is 0 Å². The van der Waals surface area contributed by atoms with Crippen molar-refractivity contribution in [1.82, 2.24) is 10.6 Å². The van der Waals surface area contributed by atoms with Crippen LogP contribution in [0.5, 0.6) is 0 Å². The lowest BCUT2D eigenvalue weighted by atomic mass is 9.91. The van der Waals surface area contributed by atoms with E-state index in [1.54, 1.807) is 18.9 Å². The van der Waals surface area contributed by atoms with Gasteiger partial charge in [0.1, 0.15) is 0 Å². The minimum Gasteiger partial charge on any atom is -0.384 e. The molecular formula is C19H29ClN2O2S. The molecule has 2 fully saturated rings. The van der Waals surface area contributed by atoms with Crippen LogP contribution in [0.3, 0.4) is 0 Å². The van der Waals surface area contributed by atoms with Crippen molar-refractivity contribution in [3.8, 4) is 0 Å². The van der Waals surface area contributed by atoms with E-state index in [9.17, 15) is 4.79 Å². The Labute approximate surface area is 161 Å². The van der Waals surface area contributed by atoms with Crippen molar-refractivity contribution in [1.29, 1.82) is 0 Å². The molecule has 2 unspecified atom stereocenters. The first-order chi connectivity index (χ1) is 11.6. The highest BCUT2D eigenvalue weighted by atomic mass is 35.5. The lowest BCUT2D eigenvalue weighted by molar-refractivity contribution is -0.123. The van der Waals surface area contributed by atoms with Crippen molar-refractivity contribution < 1.29 is 9.53 Å². The van der Waals surface area contributed by atoms with E-state index in [1.165, 1.54) is 10.5 Å². The Kier molecular flexibility index (Phi) is 7.62. The lowest BCUT2D eigenvalue weighted by Crippen LogP contribution is -2.34. The van der Waals surface area contributed by atoms with E-state index in [0.717, 1.165) is 44.7 Å². The molecule has 140 valence electrons. The van der Waals surface area contributed by atoms with Crippen LogP contribution < -0.4 is 10.6 Å². The number of carbonyl (C=O) groups excluding carboxylic acids is 1. The minimum atomic E-state index is 0. The third kappa shape index (κ3) is 5.13. The summed E-state index contributed by atoms with van der Waals surface area (Å²) in [5.41, 5.74) is 1.47. The molecule has 1 amide bonds. The number of halogens is 1. The highest BCUT2D eigenvalue weighted by molar-refractivity contribution is 7.99. The van der Waals surface area contributed by atoms with E-state index >= 15 is 0 Å². The summed E-state index contributed by atoms with van der Waals surface area (Å²) >= 11 is 1.79. The summed E-state index contributed by atoms with van der Waals surface area (Å²) < 4.78 is 5.07. The quantitative estimate of drug-likeness (QED) is 0.558. The average molecular weight is 385 g/mol. The van der Waals surface area contributed by atoms with Gasteiger partial charge < -0.3 is 15.4 Å². The zero-order valence-electron chi connectivity index (χ0n) is 15.0. The Morgan fingerprint density at radius 1 is 1.36 bits per heavy atom. The molecule has 0 bridgehead atoms. The number of amides is 1. The van der Waals surface area contributed by atoms with Crippen molar-refractivity contribution in [3.05, 3.63) is 29.8 Å². The van der Waals surface area contributed by atoms with Crippen LogP contribution in [0.2, 0.25) is 0 Å². The van der Waals surface area contributed by atoms with Gasteiger partial charge in [-0.25, -0.2) is 0 Å². The molecule has 6 heteroatoms. The molecule has 2 atom stereocenters. The molecule has 4 nitrogen and oxygen atoms in total. The summed E-state index contributed by atoms with van der Waals surface area (Å²) in [7, 11) is 1.72. The van der Waals surface area contributed by atoms with Crippen LogP contribution in [0.15, 0.2) is 29.2 Å². The van der Waals surface area contributed by atoms with Gasteiger partial charge in [0.15, 0.2) is 0 Å². The van der Waals surface area contributed by atoms with Gasteiger partial charge in [-0.05, 0) is 62.4 Å². The third-order valence-corrected chi connectivity index (χ3v) is 6.38. The monoisotopic (exact) mass is 384 g/mol. The summed E-state index contributed by atoms with van der Waals surface area (Å²) in [6.45, 7) is 4.95. The second-order valence-electron chi connectivity index (χ2n) is 7.01. The number of hydrogen-bond donors (Lipinski definition) is 2. The average Bonchev–Trinajstić information content (AvgIpc) is 3.29. The number of methoxy groups -OCH3 is 1.